The molecule has 0 N–H and O–H groups in total. The summed E-state index contributed by atoms with van der Waals surface area (Å²) in [6.45, 7) is 2.50. The molecule has 3 aromatic rings. The molecule has 1 aliphatic carbocycles. The first-order valence-electron chi connectivity index (χ1n) is 9.19. The lowest BCUT2D eigenvalue weighted by Crippen LogP contribution is -2.08. The van der Waals surface area contributed by atoms with Crippen molar-refractivity contribution in [2.75, 3.05) is 13.7 Å². The predicted molar refractivity (Wildman–Crippen MR) is 108 cm³/mol. The van der Waals surface area contributed by atoms with Crippen LogP contribution in [0.4, 0.5) is 0 Å². The number of esters is 1. The van der Waals surface area contributed by atoms with Gasteiger partial charge in [-0.05, 0) is 67.9 Å². The highest BCUT2D eigenvalue weighted by molar-refractivity contribution is 6.30. The summed E-state index contributed by atoms with van der Waals surface area (Å²) in [5, 5.41) is 5.30. The van der Waals surface area contributed by atoms with Gasteiger partial charge in [-0.3, -0.25) is 4.79 Å². The second-order valence-corrected chi connectivity index (χ2v) is 7.46. The lowest BCUT2D eigenvalue weighted by atomic mass is 10.1. The van der Waals surface area contributed by atoms with Crippen LogP contribution in [0.1, 0.15) is 12.1 Å². The van der Waals surface area contributed by atoms with Gasteiger partial charge in [0.05, 0.1) is 36.7 Å². The molecule has 1 saturated carbocycles. The van der Waals surface area contributed by atoms with E-state index in [0.29, 0.717) is 11.6 Å². The van der Waals surface area contributed by atoms with Crippen molar-refractivity contribution in [1.82, 2.24) is 9.78 Å². The Morgan fingerprint density at radius 2 is 1.89 bits per heavy atom. The molecule has 5 nitrogen and oxygen atoms in total. The first-order valence-corrected chi connectivity index (χ1v) is 9.56. The van der Waals surface area contributed by atoms with Crippen molar-refractivity contribution in [3.8, 4) is 22.7 Å². The van der Waals surface area contributed by atoms with Crippen LogP contribution in [0.2, 0.25) is 5.02 Å². The second-order valence-electron chi connectivity index (χ2n) is 7.02. The average Bonchev–Trinajstić information content (AvgIpc) is 3.39. The molecule has 2 aromatic carbocycles. The highest BCUT2D eigenvalue weighted by atomic mass is 35.5. The Morgan fingerprint density at radius 3 is 2.57 bits per heavy atom. The maximum absolute atomic E-state index is 11.5. The molecule has 144 valence electrons. The van der Waals surface area contributed by atoms with Crippen molar-refractivity contribution < 1.29 is 14.3 Å². The number of carbonyl (C=O) groups excluding carboxylic acids is 1. The summed E-state index contributed by atoms with van der Waals surface area (Å²) in [6.07, 6.45) is 0.838. The van der Waals surface area contributed by atoms with E-state index >= 15 is 0 Å². The molecule has 28 heavy (non-hydrogen) atoms. The van der Waals surface area contributed by atoms with E-state index in [9.17, 15) is 4.79 Å². The predicted octanol–water partition coefficient (Wildman–Crippen LogP) is 4.69. The number of carbonyl (C=O) groups is 1. The van der Waals surface area contributed by atoms with Gasteiger partial charge in [-0.1, -0.05) is 11.6 Å². The first kappa shape index (κ1) is 18.6. The van der Waals surface area contributed by atoms with Gasteiger partial charge in [-0.25, -0.2) is 4.68 Å². The van der Waals surface area contributed by atoms with Crippen LogP contribution in [-0.2, 0) is 9.53 Å². The Kier molecular flexibility index (Phi) is 5.09. The van der Waals surface area contributed by atoms with Crippen LogP contribution >= 0.6 is 11.6 Å². The number of nitrogens with zero attached hydrogens (tertiary/aromatic N) is 2. The van der Waals surface area contributed by atoms with Crippen molar-refractivity contribution in [2.45, 2.75) is 13.3 Å². The summed E-state index contributed by atoms with van der Waals surface area (Å²) in [6, 6.07) is 17.6. The molecule has 1 aromatic heterocycles. The fraction of sp³-hybridized carbons (Fsp3) is 0.273. The highest BCUT2D eigenvalue weighted by Crippen LogP contribution is 2.39. The maximum Gasteiger partial charge on any atom is 0.309 e. The Morgan fingerprint density at radius 1 is 1.18 bits per heavy atom. The molecule has 4 rings (SSSR count). The number of benzene rings is 2. The number of halogens is 1. The van der Waals surface area contributed by atoms with Gasteiger partial charge < -0.3 is 9.47 Å². The number of hydrogen-bond acceptors (Lipinski definition) is 4. The average molecular weight is 397 g/mol. The molecule has 0 saturated heterocycles. The van der Waals surface area contributed by atoms with Gasteiger partial charge in [0.25, 0.3) is 0 Å². The van der Waals surface area contributed by atoms with Crippen LogP contribution in [0.15, 0.2) is 54.6 Å². The van der Waals surface area contributed by atoms with E-state index in [4.69, 9.17) is 21.1 Å². The third kappa shape index (κ3) is 3.90. The van der Waals surface area contributed by atoms with Gasteiger partial charge in [-0.2, -0.15) is 5.10 Å². The Labute approximate surface area is 168 Å². The van der Waals surface area contributed by atoms with E-state index in [1.165, 1.54) is 7.11 Å². The molecule has 0 radical (unpaired) electrons. The molecule has 6 heteroatoms. The molecule has 1 heterocycles. The zero-order chi connectivity index (χ0) is 19.7. The van der Waals surface area contributed by atoms with Crippen LogP contribution in [0.5, 0.6) is 5.75 Å². The van der Waals surface area contributed by atoms with Crippen LogP contribution in [-0.4, -0.2) is 29.5 Å². The number of ether oxygens (including phenoxy) is 2. The van der Waals surface area contributed by atoms with Crippen molar-refractivity contribution in [3.05, 3.63) is 65.3 Å². The molecule has 1 fully saturated rings. The normalized spacial score (nSPS) is 18.0. The lowest BCUT2D eigenvalue weighted by molar-refractivity contribution is -0.142. The quantitative estimate of drug-likeness (QED) is 0.567. The number of rotatable bonds is 6. The minimum Gasteiger partial charge on any atom is -0.493 e. The number of aryl methyl sites for hydroxylation is 1. The second kappa shape index (κ2) is 7.68. The Bertz CT molecular complexity index is 980. The van der Waals surface area contributed by atoms with E-state index in [1.54, 1.807) is 0 Å². The lowest BCUT2D eigenvalue weighted by Gasteiger charge is -2.09. The van der Waals surface area contributed by atoms with Gasteiger partial charge in [0, 0.05) is 16.5 Å². The van der Waals surface area contributed by atoms with Gasteiger partial charge in [-0.15, -0.1) is 0 Å². The van der Waals surface area contributed by atoms with Crippen LogP contribution in [0.25, 0.3) is 16.9 Å². The van der Waals surface area contributed by atoms with Crippen LogP contribution in [0.3, 0.4) is 0 Å². The van der Waals surface area contributed by atoms with E-state index in [1.807, 2.05) is 60.1 Å². The minimum absolute atomic E-state index is 0.0130. The zero-order valence-electron chi connectivity index (χ0n) is 15.8. The number of methoxy groups -OCH3 is 1. The molecule has 2 unspecified atom stereocenters. The van der Waals surface area contributed by atoms with Crippen molar-refractivity contribution in [3.63, 3.8) is 0 Å². The van der Waals surface area contributed by atoms with Crippen LogP contribution < -0.4 is 4.74 Å². The summed E-state index contributed by atoms with van der Waals surface area (Å²) in [5.74, 6) is 0.880. The Hall–Kier alpha value is -2.79. The largest absolute Gasteiger partial charge is 0.493 e. The SMILES string of the molecule is COC(=O)C1CC1COc1ccc(-c2cc(C)nn2-c2ccc(Cl)cc2)cc1. The van der Waals surface area contributed by atoms with E-state index < -0.39 is 0 Å². The standard InChI is InChI=1S/C22H21ClN2O3/c1-14-11-21(25(24-14)18-7-5-17(23)6-8-18)15-3-9-19(10-4-15)28-13-16-12-20(16)22(26)27-2/h3-11,16,20H,12-13H2,1-2H3. The summed E-state index contributed by atoms with van der Waals surface area (Å²) in [5.41, 5.74) is 3.93. The molecule has 0 amide bonds. The molecular formula is C22H21ClN2O3. The topological polar surface area (TPSA) is 53.4 Å². The summed E-state index contributed by atoms with van der Waals surface area (Å²) >= 11 is 6.00. The van der Waals surface area contributed by atoms with Crippen molar-refractivity contribution in [1.29, 1.82) is 0 Å². The summed E-state index contributed by atoms with van der Waals surface area (Å²) in [7, 11) is 1.42. The van der Waals surface area contributed by atoms with Gasteiger partial charge in [0.2, 0.25) is 0 Å². The van der Waals surface area contributed by atoms with Crippen molar-refractivity contribution in [2.24, 2.45) is 11.8 Å². The van der Waals surface area contributed by atoms with Crippen LogP contribution in [0, 0.1) is 18.8 Å². The molecular weight excluding hydrogens is 376 g/mol. The molecule has 2 atom stereocenters. The zero-order valence-corrected chi connectivity index (χ0v) is 16.5. The third-order valence-corrected chi connectivity index (χ3v) is 5.20. The molecule has 0 spiro atoms. The fourth-order valence-corrected chi connectivity index (χ4v) is 3.41. The molecule has 0 bridgehead atoms. The van der Waals surface area contributed by atoms with E-state index in [0.717, 1.165) is 34.8 Å². The smallest absolute Gasteiger partial charge is 0.309 e. The molecule has 0 aliphatic heterocycles. The first-order chi connectivity index (χ1) is 13.5. The fourth-order valence-electron chi connectivity index (χ4n) is 3.28. The van der Waals surface area contributed by atoms with Gasteiger partial charge >= 0.3 is 5.97 Å². The highest BCUT2D eigenvalue weighted by Gasteiger charge is 2.44. The number of hydrogen-bond donors (Lipinski definition) is 0. The van der Waals surface area contributed by atoms with E-state index in [2.05, 4.69) is 11.2 Å². The third-order valence-electron chi connectivity index (χ3n) is 4.94. The van der Waals surface area contributed by atoms with E-state index in [-0.39, 0.29) is 17.8 Å². The molecule has 1 aliphatic rings. The van der Waals surface area contributed by atoms with Gasteiger partial charge in [0.15, 0.2) is 0 Å². The van der Waals surface area contributed by atoms with Crippen molar-refractivity contribution >= 4 is 17.6 Å². The monoisotopic (exact) mass is 396 g/mol. The summed E-state index contributed by atoms with van der Waals surface area (Å²) < 4.78 is 12.5. The van der Waals surface area contributed by atoms with Gasteiger partial charge in [0.1, 0.15) is 5.75 Å². The summed E-state index contributed by atoms with van der Waals surface area (Å²) in [4.78, 5) is 11.5. The minimum atomic E-state index is -0.144. The maximum atomic E-state index is 11.5. The number of aromatic nitrogens is 2. The Balaban J connectivity index is 1.47.